The first-order chi connectivity index (χ1) is 7.86. The van der Waals surface area contributed by atoms with Crippen molar-refractivity contribution in [2.45, 2.75) is 4.90 Å². The number of methoxy groups -OCH3 is 1. The molecule has 17 heavy (non-hydrogen) atoms. The zero-order valence-corrected chi connectivity index (χ0v) is 9.55. The Kier molecular flexibility index (Phi) is 3.63. The average molecular weight is 259 g/mol. The number of nitro benzene ring substituents is 1. The number of rotatable bonds is 3. The van der Waals surface area contributed by atoms with Crippen LogP contribution in [0.15, 0.2) is 33.6 Å². The predicted molar refractivity (Wildman–Crippen MR) is 58.9 cm³/mol. The van der Waals surface area contributed by atoms with E-state index in [0.717, 1.165) is 24.3 Å². The van der Waals surface area contributed by atoms with E-state index in [-0.39, 0.29) is 10.6 Å². The third kappa shape index (κ3) is 3.14. The van der Waals surface area contributed by atoms with Gasteiger partial charge >= 0.3 is 0 Å². The van der Waals surface area contributed by atoms with Crippen molar-refractivity contribution in [3.05, 3.63) is 34.4 Å². The Bertz CT molecular complexity index is 549. The molecule has 0 atom stereocenters. The minimum Gasteiger partial charge on any atom is -0.468 e. The second-order valence-corrected chi connectivity index (χ2v) is 4.46. The van der Waals surface area contributed by atoms with Crippen molar-refractivity contribution in [1.29, 1.82) is 0 Å². The topological polar surface area (TPSA) is 125 Å². The van der Waals surface area contributed by atoms with Crippen molar-refractivity contribution in [3.8, 4) is 0 Å². The number of hydrogen-bond acceptors (Lipinski definition) is 5. The number of nitrogens with two attached hydrogens (primary N) is 1. The molecule has 9 heteroatoms. The Morgan fingerprint density at radius 2 is 1.94 bits per heavy atom. The molecule has 92 valence electrons. The molecule has 0 unspecified atom stereocenters. The van der Waals surface area contributed by atoms with Crippen LogP contribution in [0.4, 0.5) is 5.69 Å². The van der Waals surface area contributed by atoms with Crippen LogP contribution in [0.5, 0.6) is 0 Å². The van der Waals surface area contributed by atoms with E-state index >= 15 is 0 Å². The monoisotopic (exact) mass is 259 g/mol. The molecule has 1 aromatic rings. The summed E-state index contributed by atoms with van der Waals surface area (Å²) in [6.45, 7) is 0. The highest BCUT2D eigenvalue weighted by Crippen LogP contribution is 2.17. The molecule has 0 radical (unpaired) electrons. The highest BCUT2D eigenvalue weighted by atomic mass is 32.2. The van der Waals surface area contributed by atoms with Gasteiger partial charge in [-0.15, -0.1) is 4.40 Å². The van der Waals surface area contributed by atoms with Crippen LogP contribution in [-0.4, -0.2) is 26.5 Å². The number of amidine groups is 1. The lowest BCUT2D eigenvalue weighted by atomic mass is 10.3. The Balaban J connectivity index is 3.13. The van der Waals surface area contributed by atoms with Crippen LogP contribution in [0, 0.1) is 10.1 Å². The minimum atomic E-state index is -4.00. The van der Waals surface area contributed by atoms with Crippen molar-refractivity contribution in [2.75, 3.05) is 7.11 Å². The molecule has 2 N–H and O–H groups in total. The van der Waals surface area contributed by atoms with Gasteiger partial charge in [-0.2, -0.15) is 8.42 Å². The Labute approximate surface area is 96.9 Å². The molecular weight excluding hydrogens is 250 g/mol. The van der Waals surface area contributed by atoms with Crippen molar-refractivity contribution < 1.29 is 18.1 Å². The maximum atomic E-state index is 11.6. The van der Waals surface area contributed by atoms with Crippen LogP contribution < -0.4 is 5.73 Å². The van der Waals surface area contributed by atoms with E-state index in [1.165, 1.54) is 7.11 Å². The molecule has 0 saturated heterocycles. The van der Waals surface area contributed by atoms with Gasteiger partial charge in [0.2, 0.25) is 0 Å². The lowest BCUT2D eigenvalue weighted by Gasteiger charge is -2.00. The molecule has 0 amide bonds. The predicted octanol–water partition coefficient (Wildman–Crippen LogP) is 0.245. The Hall–Kier alpha value is -2.16. The lowest BCUT2D eigenvalue weighted by Crippen LogP contribution is -2.16. The summed E-state index contributed by atoms with van der Waals surface area (Å²) >= 11 is 0. The quantitative estimate of drug-likeness (QED) is 0.359. The fourth-order valence-corrected chi connectivity index (χ4v) is 1.85. The minimum absolute atomic E-state index is 0.205. The molecule has 0 aliphatic heterocycles. The number of sulfonamides is 1. The number of benzene rings is 1. The third-order valence-corrected chi connectivity index (χ3v) is 3.05. The van der Waals surface area contributed by atoms with Gasteiger partial charge in [-0.1, -0.05) is 0 Å². The molecular formula is C8H9N3O5S. The van der Waals surface area contributed by atoms with E-state index in [1.807, 2.05) is 0 Å². The van der Waals surface area contributed by atoms with Crippen LogP contribution in [-0.2, 0) is 14.8 Å². The molecule has 0 saturated carbocycles. The van der Waals surface area contributed by atoms with Crippen LogP contribution in [0.25, 0.3) is 0 Å². The maximum Gasteiger partial charge on any atom is 0.297 e. The zero-order chi connectivity index (χ0) is 13.1. The summed E-state index contributed by atoms with van der Waals surface area (Å²) in [4.78, 5) is 9.53. The summed E-state index contributed by atoms with van der Waals surface area (Å²) in [7, 11) is -2.83. The first-order valence-corrected chi connectivity index (χ1v) is 5.69. The molecule has 0 fully saturated rings. The van der Waals surface area contributed by atoms with Gasteiger partial charge in [0.15, 0.2) is 0 Å². The van der Waals surface area contributed by atoms with E-state index in [0.29, 0.717) is 0 Å². The smallest absolute Gasteiger partial charge is 0.297 e. The maximum absolute atomic E-state index is 11.6. The van der Waals surface area contributed by atoms with Crippen molar-refractivity contribution >= 4 is 21.7 Å². The highest BCUT2D eigenvalue weighted by Gasteiger charge is 2.15. The summed E-state index contributed by atoms with van der Waals surface area (Å²) in [6, 6.07) is 3.75. The van der Waals surface area contributed by atoms with Gasteiger partial charge in [0.05, 0.1) is 16.9 Å². The summed E-state index contributed by atoms with van der Waals surface area (Å²) < 4.78 is 30.7. The molecule has 8 nitrogen and oxygen atoms in total. The van der Waals surface area contributed by atoms with Gasteiger partial charge in [0, 0.05) is 12.1 Å². The Morgan fingerprint density at radius 3 is 2.35 bits per heavy atom. The van der Waals surface area contributed by atoms with Crippen molar-refractivity contribution in [2.24, 2.45) is 10.1 Å². The van der Waals surface area contributed by atoms with Gasteiger partial charge < -0.3 is 10.5 Å². The van der Waals surface area contributed by atoms with Crippen LogP contribution >= 0.6 is 0 Å². The highest BCUT2D eigenvalue weighted by molar-refractivity contribution is 7.90. The summed E-state index contributed by atoms with van der Waals surface area (Å²) in [5.74, 6) is 0. The second-order valence-electron chi connectivity index (χ2n) is 2.86. The largest absolute Gasteiger partial charge is 0.468 e. The van der Waals surface area contributed by atoms with Crippen molar-refractivity contribution in [3.63, 3.8) is 0 Å². The fourth-order valence-electron chi connectivity index (χ4n) is 0.948. The first kappa shape index (κ1) is 12.9. The van der Waals surface area contributed by atoms with E-state index in [1.54, 1.807) is 0 Å². The van der Waals surface area contributed by atoms with Crippen LogP contribution in [0.2, 0.25) is 0 Å². The molecule has 1 rings (SSSR count). The number of ether oxygens (including phenoxy) is 1. The summed E-state index contributed by atoms with van der Waals surface area (Å²) in [5.41, 5.74) is 4.90. The summed E-state index contributed by atoms with van der Waals surface area (Å²) in [5, 5.41) is 10.4. The SMILES string of the molecule is COC(N)=NS(=O)(=O)c1ccc([N+](=O)[O-])cc1. The Morgan fingerprint density at radius 1 is 1.41 bits per heavy atom. The number of hydrogen-bond donors (Lipinski definition) is 1. The average Bonchev–Trinajstić information content (AvgIpc) is 2.28. The second kappa shape index (κ2) is 4.78. The molecule has 0 aromatic heterocycles. The van der Waals surface area contributed by atoms with Crippen molar-refractivity contribution in [1.82, 2.24) is 0 Å². The molecule has 0 aliphatic carbocycles. The number of nitro groups is 1. The van der Waals surface area contributed by atoms with Gasteiger partial charge in [-0.3, -0.25) is 10.1 Å². The molecule has 0 bridgehead atoms. The zero-order valence-electron chi connectivity index (χ0n) is 8.73. The third-order valence-electron chi connectivity index (χ3n) is 1.76. The first-order valence-electron chi connectivity index (χ1n) is 4.25. The van der Waals surface area contributed by atoms with Gasteiger partial charge in [-0.25, -0.2) is 0 Å². The number of nitrogens with zero attached hydrogens (tertiary/aromatic N) is 2. The standard InChI is InChI=1S/C8H9N3O5S/c1-16-8(9)10-17(14,15)7-4-2-6(3-5-7)11(12)13/h2-5H,1H3,(H2,9,10). The normalized spacial score (nSPS) is 12.2. The molecule has 0 aliphatic rings. The van der Waals surface area contributed by atoms with E-state index in [2.05, 4.69) is 9.13 Å². The van der Waals surface area contributed by atoms with Crippen LogP contribution in [0.1, 0.15) is 0 Å². The summed E-state index contributed by atoms with van der Waals surface area (Å²) in [6.07, 6.45) is 0. The van der Waals surface area contributed by atoms with E-state index in [4.69, 9.17) is 5.73 Å². The van der Waals surface area contributed by atoms with Gasteiger partial charge in [0.25, 0.3) is 21.7 Å². The van der Waals surface area contributed by atoms with Gasteiger partial charge in [0.1, 0.15) is 0 Å². The molecule has 1 aromatic carbocycles. The number of non-ortho nitro benzene ring substituents is 1. The van der Waals surface area contributed by atoms with Gasteiger partial charge in [-0.05, 0) is 12.1 Å². The fraction of sp³-hybridized carbons (Fsp3) is 0.125. The molecule has 0 spiro atoms. The van der Waals surface area contributed by atoms with Crippen LogP contribution in [0.3, 0.4) is 0 Å². The van der Waals surface area contributed by atoms with E-state index < -0.39 is 21.0 Å². The molecule has 0 heterocycles. The van der Waals surface area contributed by atoms with E-state index in [9.17, 15) is 18.5 Å². The lowest BCUT2D eigenvalue weighted by molar-refractivity contribution is -0.384.